The lowest BCUT2D eigenvalue weighted by atomic mass is 10.1. The van der Waals surface area contributed by atoms with Crippen LogP contribution in [0.25, 0.3) is 6.08 Å². The molecule has 1 saturated heterocycles. The number of para-hydroxylation sites is 2. The van der Waals surface area contributed by atoms with E-state index in [1.54, 1.807) is 11.0 Å². The molecule has 1 aliphatic rings. The van der Waals surface area contributed by atoms with Crippen LogP contribution in [0.3, 0.4) is 0 Å². The first-order valence-electron chi connectivity index (χ1n) is 7.78. The van der Waals surface area contributed by atoms with Crippen LogP contribution in [0.15, 0.2) is 66.1 Å². The van der Waals surface area contributed by atoms with Crippen molar-refractivity contribution < 1.29 is 9.53 Å². The largest absolute Gasteiger partial charge is 0.489 e. The van der Waals surface area contributed by atoms with Crippen molar-refractivity contribution in [3.8, 4) is 5.75 Å². The first kappa shape index (κ1) is 17.5. The number of carbonyl (C=O) groups is 1. The van der Waals surface area contributed by atoms with Gasteiger partial charge in [0, 0.05) is 5.56 Å². The third-order valence-corrected chi connectivity index (χ3v) is 5.01. The smallest absolute Gasteiger partial charge is 0.270 e. The van der Waals surface area contributed by atoms with Crippen LogP contribution in [-0.2, 0) is 4.79 Å². The summed E-state index contributed by atoms with van der Waals surface area (Å²) in [6.45, 7) is 6.04. The number of hydrogen-bond donors (Lipinski definition) is 0. The van der Waals surface area contributed by atoms with Gasteiger partial charge in [0.25, 0.3) is 5.91 Å². The quantitative estimate of drug-likeness (QED) is 0.424. The molecule has 0 bridgehead atoms. The number of benzene rings is 2. The molecule has 0 aliphatic carbocycles. The Morgan fingerprint density at radius 3 is 2.68 bits per heavy atom. The highest BCUT2D eigenvalue weighted by Gasteiger charge is 2.34. The molecular weight excluding hydrogens is 350 g/mol. The van der Waals surface area contributed by atoms with Gasteiger partial charge in [0.15, 0.2) is 4.32 Å². The summed E-state index contributed by atoms with van der Waals surface area (Å²) in [5.41, 5.74) is 2.67. The van der Waals surface area contributed by atoms with E-state index in [1.807, 2.05) is 61.5 Å². The summed E-state index contributed by atoms with van der Waals surface area (Å²) in [6, 6.07) is 15.3. The maximum Gasteiger partial charge on any atom is 0.270 e. The standard InChI is InChI=1S/C20H17NO2S2/c1-3-12-23-17-11-7-5-9-15(17)13-18-19(22)21(20(24)25-18)16-10-6-4-8-14(16)2/h3-11,13H,1,12H2,2H3/b18-13-. The van der Waals surface area contributed by atoms with Crippen molar-refractivity contribution in [1.82, 2.24) is 0 Å². The molecule has 2 aromatic carbocycles. The van der Waals surface area contributed by atoms with E-state index in [1.165, 1.54) is 11.8 Å². The van der Waals surface area contributed by atoms with Gasteiger partial charge in [-0.1, -0.05) is 73.0 Å². The highest BCUT2D eigenvalue weighted by Crippen LogP contribution is 2.38. The molecule has 0 radical (unpaired) electrons. The third kappa shape index (κ3) is 3.67. The number of ether oxygens (including phenoxy) is 1. The molecule has 0 atom stereocenters. The molecule has 0 aromatic heterocycles. The Balaban J connectivity index is 1.94. The van der Waals surface area contributed by atoms with Crippen molar-refractivity contribution in [3.05, 3.63) is 77.2 Å². The van der Waals surface area contributed by atoms with Gasteiger partial charge in [-0.3, -0.25) is 9.69 Å². The number of amides is 1. The molecule has 1 heterocycles. The van der Waals surface area contributed by atoms with Crippen LogP contribution in [-0.4, -0.2) is 16.8 Å². The summed E-state index contributed by atoms with van der Waals surface area (Å²) < 4.78 is 6.20. The summed E-state index contributed by atoms with van der Waals surface area (Å²) in [5, 5.41) is 0. The minimum atomic E-state index is -0.108. The lowest BCUT2D eigenvalue weighted by Gasteiger charge is -2.16. The van der Waals surface area contributed by atoms with Gasteiger partial charge in [-0.2, -0.15) is 0 Å². The van der Waals surface area contributed by atoms with Crippen molar-refractivity contribution in [3.63, 3.8) is 0 Å². The van der Waals surface area contributed by atoms with E-state index in [9.17, 15) is 4.79 Å². The van der Waals surface area contributed by atoms with Crippen LogP contribution in [0.2, 0.25) is 0 Å². The van der Waals surface area contributed by atoms with Gasteiger partial charge in [0.1, 0.15) is 12.4 Å². The molecule has 1 aliphatic heterocycles. The second kappa shape index (κ2) is 7.68. The van der Waals surface area contributed by atoms with Gasteiger partial charge in [0.05, 0.1) is 10.6 Å². The molecule has 3 rings (SSSR count). The predicted molar refractivity (Wildman–Crippen MR) is 109 cm³/mol. The summed E-state index contributed by atoms with van der Waals surface area (Å²) in [6.07, 6.45) is 3.52. The number of aryl methyl sites for hydroxylation is 1. The minimum absolute atomic E-state index is 0.108. The fourth-order valence-electron chi connectivity index (χ4n) is 2.51. The second-order valence-corrected chi connectivity index (χ2v) is 7.12. The Labute approximate surface area is 157 Å². The monoisotopic (exact) mass is 367 g/mol. The number of rotatable bonds is 5. The molecule has 2 aromatic rings. The number of thiocarbonyl (C=S) groups is 1. The van der Waals surface area contributed by atoms with Crippen LogP contribution in [0.1, 0.15) is 11.1 Å². The average molecular weight is 367 g/mol. The zero-order valence-corrected chi connectivity index (χ0v) is 15.4. The molecular formula is C20H17NO2S2. The van der Waals surface area contributed by atoms with Crippen LogP contribution in [0.5, 0.6) is 5.75 Å². The van der Waals surface area contributed by atoms with Crippen molar-refractivity contribution in [1.29, 1.82) is 0 Å². The van der Waals surface area contributed by atoms with E-state index in [0.29, 0.717) is 21.6 Å². The van der Waals surface area contributed by atoms with E-state index in [-0.39, 0.29) is 5.91 Å². The first-order chi connectivity index (χ1) is 12.1. The van der Waals surface area contributed by atoms with Gasteiger partial charge in [-0.25, -0.2) is 0 Å². The van der Waals surface area contributed by atoms with E-state index in [0.717, 1.165) is 16.8 Å². The molecule has 5 heteroatoms. The Morgan fingerprint density at radius 1 is 1.20 bits per heavy atom. The molecule has 0 N–H and O–H groups in total. The highest BCUT2D eigenvalue weighted by molar-refractivity contribution is 8.27. The van der Waals surface area contributed by atoms with Crippen molar-refractivity contribution in [2.24, 2.45) is 0 Å². The van der Waals surface area contributed by atoms with Crippen molar-refractivity contribution in [2.45, 2.75) is 6.92 Å². The van der Waals surface area contributed by atoms with E-state index in [4.69, 9.17) is 17.0 Å². The van der Waals surface area contributed by atoms with Crippen LogP contribution in [0.4, 0.5) is 5.69 Å². The van der Waals surface area contributed by atoms with Gasteiger partial charge in [-0.15, -0.1) is 0 Å². The average Bonchev–Trinajstić information content (AvgIpc) is 2.88. The molecule has 0 unspecified atom stereocenters. The SMILES string of the molecule is C=CCOc1ccccc1/C=C1\SC(=S)N(c2ccccc2C)C1=O. The predicted octanol–water partition coefficient (Wildman–Crippen LogP) is 4.97. The number of anilines is 1. The van der Waals surface area contributed by atoms with Crippen molar-refractivity contribution in [2.75, 3.05) is 11.5 Å². The summed E-state index contributed by atoms with van der Waals surface area (Å²) in [5.74, 6) is 0.603. The number of nitrogens with zero attached hydrogens (tertiary/aromatic N) is 1. The Morgan fingerprint density at radius 2 is 1.92 bits per heavy atom. The minimum Gasteiger partial charge on any atom is -0.489 e. The van der Waals surface area contributed by atoms with E-state index >= 15 is 0 Å². The molecule has 0 spiro atoms. The van der Waals surface area contributed by atoms with Gasteiger partial charge in [0.2, 0.25) is 0 Å². The van der Waals surface area contributed by atoms with Gasteiger partial charge >= 0.3 is 0 Å². The lowest BCUT2D eigenvalue weighted by molar-refractivity contribution is -0.113. The summed E-state index contributed by atoms with van der Waals surface area (Å²) in [4.78, 5) is 15.1. The molecule has 1 amide bonds. The van der Waals surface area contributed by atoms with E-state index < -0.39 is 0 Å². The molecule has 0 saturated carbocycles. The normalized spacial score (nSPS) is 15.7. The topological polar surface area (TPSA) is 29.5 Å². The molecule has 126 valence electrons. The number of thioether (sulfide) groups is 1. The maximum atomic E-state index is 12.9. The zero-order valence-electron chi connectivity index (χ0n) is 13.8. The Hall–Kier alpha value is -2.37. The van der Waals surface area contributed by atoms with Crippen LogP contribution >= 0.6 is 24.0 Å². The molecule has 1 fully saturated rings. The number of hydrogen-bond acceptors (Lipinski definition) is 4. The fraction of sp³-hybridized carbons (Fsp3) is 0.100. The zero-order chi connectivity index (χ0) is 17.8. The summed E-state index contributed by atoms with van der Waals surface area (Å²) in [7, 11) is 0. The first-order valence-corrected chi connectivity index (χ1v) is 9.00. The fourth-order valence-corrected chi connectivity index (χ4v) is 3.79. The van der Waals surface area contributed by atoms with Crippen LogP contribution in [0, 0.1) is 6.92 Å². The van der Waals surface area contributed by atoms with Gasteiger partial charge < -0.3 is 4.74 Å². The number of carbonyl (C=O) groups excluding carboxylic acids is 1. The third-order valence-electron chi connectivity index (χ3n) is 3.71. The Bertz CT molecular complexity index is 874. The highest BCUT2D eigenvalue weighted by atomic mass is 32.2. The molecule has 25 heavy (non-hydrogen) atoms. The Kier molecular flexibility index (Phi) is 5.36. The maximum absolute atomic E-state index is 12.9. The second-order valence-electron chi connectivity index (χ2n) is 5.44. The summed E-state index contributed by atoms with van der Waals surface area (Å²) >= 11 is 6.74. The lowest BCUT2D eigenvalue weighted by Crippen LogP contribution is -2.28. The van der Waals surface area contributed by atoms with Crippen molar-refractivity contribution >= 4 is 46.0 Å². The van der Waals surface area contributed by atoms with Gasteiger partial charge in [-0.05, 0) is 30.7 Å². The van der Waals surface area contributed by atoms with E-state index in [2.05, 4.69) is 6.58 Å². The molecule has 3 nitrogen and oxygen atoms in total. The van der Waals surface area contributed by atoms with Crippen LogP contribution < -0.4 is 9.64 Å².